The van der Waals surface area contributed by atoms with Crippen LogP contribution in [0.4, 0.5) is 4.79 Å². The summed E-state index contributed by atoms with van der Waals surface area (Å²) in [6, 6.07) is 12.1. The lowest BCUT2D eigenvalue weighted by molar-refractivity contribution is 0.135. The molecule has 8 nitrogen and oxygen atoms in total. The van der Waals surface area contributed by atoms with E-state index in [1.165, 1.54) is 5.12 Å². The van der Waals surface area contributed by atoms with Crippen molar-refractivity contribution in [3.8, 4) is 11.6 Å². The van der Waals surface area contributed by atoms with Crippen molar-refractivity contribution in [2.75, 3.05) is 0 Å². The summed E-state index contributed by atoms with van der Waals surface area (Å²) in [5.74, 6) is 1.14. The zero-order valence-corrected chi connectivity index (χ0v) is 11.9. The highest BCUT2D eigenvalue weighted by atomic mass is 16.6. The van der Waals surface area contributed by atoms with Crippen molar-refractivity contribution >= 4 is 6.09 Å². The van der Waals surface area contributed by atoms with Gasteiger partial charge in [-0.15, -0.1) is 5.10 Å². The SMILES string of the molecule is O=C(NN1C=CC=C(Oc2cccnn2)N1)Oc1ccccc1. The highest BCUT2D eigenvalue weighted by Gasteiger charge is 2.12. The number of carbonyl (C=O) groups excluding carboxylic acids is 1. The van der Waals surface area contributed by atoms with Gasteiger partial charge in [0.05, 0.1) is 0 Å². The van der Waals surface area contributed by atoms with E-state index in [0.29, 0.717) is 17.5 Å². The Bertz CT molecular complexity index is 716. The summed E-state index contributed by atoms with van der Waals surface area (Å²) in [5.41, 5.74) is 5.32. The predicted octanol–water partition coefficient (Wildman–Crippen LogP) is 1.73. The van der Waals surface area contributed by atoms with E-state index in [0.717, 1.165) is 0 Å². The number of nitrogens with zero attached hydrogens (tertiary/aromatic N) is 3. The Morgan fingerprint density at radius 2 is 2.04 bits per heavy atom. The fourth-order valence-electron chi connectivity index (χ4n) is 1.70. The molecule has 116 valence electrons. The fourth-order valence-corrected chi connectivity index (χ4v) is 1.70. The van der Waals surface area contributed by atoms with Crippen LogP contribution in [-0.4, -0.2) is 21.4 Å². The largest absolute Gasteiger partial charge is 0.433 e. The van der Waals surface area contributed by atoms with Crippen LogP contribution in [0.2, 0.25) is 0 Å². The Kier molecular flexibility index (Phi) is 4.34. The van der Waals surface area contributed by atoms with Gasteiger partial charge >= 0.3 is 6.09 Å². The molecule has 0 fully saturated rings. The quantitative estimate of drug-likeness (QED) is 0.889. The molecule has 1 aliphatic heterocycles. The average Bonchev–Trinajstić information content (AvgIpc) is 2.57. The molecule has 0 saturated heterocycles. The lowest BCUT2D eigenvalue weighted by Gasteiger charge is -2.25. The third-order valence-electron chi connectivity index (χ3n) is 2.64. The van der Waals surface area contributed by atoms with Gasteiger partial charge in [0.2, 0.25) is 11.8 Å². The Balaban J connectivity index is 1.53. The number of ether oxygens (including phenoxy) is 2. The van der Waals surface area contributed by atoms with E-state index in [1.54, 1.807) is 60.9 Å². The number of benzene rings is 1. The van der Waals surface area contributed by atoms with Crippen LogP contribution in [0.15, 0.2) is 72.9 Å². The molecular formula is C15H13N5O3. The molecule has 0 radical (unpaired) electrons. The monoisotopic (exact) mass is 311 g/mol. The number of nitrogens with one attached hydrogen (secondary N) is 2. The van der Waals surface area contributed by atoms with Crippen LogP contribution in [0.3, 0.4) is 0 Å². The highest BCUT2D eigenvalue weighted by Crippen LogP contribution is 2.10. The van der Waals surface area contributed by atoms with Gasteiger partial charge in [0.1, 0.15) is 5.75 Å². The average molecular weight is 311 g/mol. The van der Waals surface area contributed by atoms with Crippen molar-refractivity contribution in [1.29, 1.82) is 0 Å². The van der Waals surface area contributed by atoms with E-state index in [4.69, 9.17) is 9.47 Å². The molecule has 0 spiro atoms. The molecule has 1 aliphatic rings. The van der Waals surface area contributed by atoms with Crippen LogP contribution in [0, 0.1) is 0 Å². The van der Waals surface area contributed by atoms with E-state index in [1.807, 2.05) is 6.07 Å². The maximum Gasteiger partial charge on any atom is 0.433 e. The van der Waals surface area contributed by atoms with Crippen molar-refractivity contribution in [2.45, 2.75) is 0 Å². The van der Waals surface area contributed by atoms with E-state index in [-0.39, 0.29) is 0 Å². The lowest BCUT2D eigenvalue weighted by atomic mass is 10.3. The second kappa shape index (κ2) is 6.94. The minimum atomic E-state index is -0.644. The molecule has 1 aromatic carbocycles. The fraction of sp³-hybridized carbons (Fsp3) is 0. The van der Waals surface area contributed by atoms with Crippen LogP contribution in [0.1, 0.15) is 0 Å². The Morgan fingerprint density at radius 1 is 1.17 bits per heavy atom. The molecule has 0 saturated carbocycles. The number of rotatable bonds is 4. The van der Waals surface area contributed by atoms with E-state index in [2.05, 4.69) is 21.0 Å². The molecule has 0 atom stereocenters. The summed E-state index contributed by atoms with van der Waals surface area (Å²) in [6.45, 7) is 0. The maximum absolute atomic E-state index is 11.8. The van der Waals surface area contributed by atoms with Crippen molar-refractivity contribution in [2.24, 2.45) is 0 Å². The number of aromatic nitrogens is 2. The van der Waals surface area contributed by atoms with Crippen LogP contribution in [0.5, 0.6) is 11.6 Å². The molecule has 8 heteroatoms. The maximum atomic E-state index is 11.8. The number of hydrogen-bond donors (Lipinski definition) is 2. The first-order valence-electron chi connectivity index (χ1n) is 6.73. The van der Waals surface area contributed by atoms with Crippen LogP contribution in [-0.2, 0) is 0 Å². The summed E-state index contributed by atoms with van der Waals surface area (Å²) in [4.78, 5) is 11.8. The molecule has 2 heterocycles. The van der Waals surface area contributed by atoms with Gasteiger partial charge in [-0.25, -0.2) is 15.6 Å². The van der Waals surface area contributed by atoms with Gasteiger partial charge in [-0.3, -0.25) is 0 Å². The van der Waals surface area contributed by atoms with Gasteiger partial charge in [0.15, 0.2) is 0 Å². The summed E-state index contributed by atoms with van der Waals surface area (Å²) in [5, 5.41) is 8.82. The summed E-state index contributed by atoms with van der Waals surface area (Å²) >= 11 is 0. The van der Waals surface area contributed by atoms with Crippen LogP contribution >= 0.6 is 0 Å². The van der Waals surface area contributed by atoms with Gasteiger partial charge in [0, 0.05) is 24.5 Å². The summed E-state index contributed by atoms with van der Waals surface area (Å²) in [6.07, 6.45) is 5.85. The first kappa shape index (κ1) is 14.4. The molecule has 0 unspecified atom stereocenters. The van der Waals surface area contributed by atoms with Crippen LogP contribution in [0.25, 0.3) is 0 Å². The lowest BCUT2D eigenvalue weighted by Crippen LogP contribution is -2.49. The van der Waals surface area contributed by atoms with Crippen molar-refractivity contribution < 1.29 is 14.3 Å². The molecule has 23 heavy (non-hydrogen) atoms. The first-order valence-corrected chi connectivity index (χ1v) is 6.73. The molecule has 1 aromatic heterocycles. The number of para-hydroxylation sites is 1. The number of amides is 1. The highest BCUT2D eigenvalue weighted by molar-refractivity contribution is 5.69. The van der Waals surface area contributed by atoms with Crippen molar-refractivity contribution in [3.05, 3.63) is 72.9 Å². The number of hydrogen-bond acceptors (Lipinski definition) is 7. The topological polar surface area (TPSA) is 88.6 Å². The molecule has 0 bridgehead atoms. The van der Waals surface area contributed by atoms with Crippen molar-refractivity contribution in [3.63, 3.8) is 0 Å². The zero-order valence-electron chi connectivity index (χ0n) is 11.9. The Hall–Kier alpha value is -3.55. The minimum Gasteiger partial charge on any atom is -0.420 e. The van der Waals surface area contributed by atoms with E-state index >= 15 is 0 Å². The number of allylic oxidation sites excluding steroid dienone is 2. The molecule has 2 N–H and O–H groups in total. The van der Waals surface area contributed by atoms with Gasteiger partial charge < -0.3 is 9.47 Å². The van der Waals surface area contributed by atoms with Gasteiger partial charge in [-0.05, 0) is 24.3 Å². The van der Waals surface area contributed by atoms with Gasteiger partial charge in [-0.2, -0.15) is 10.2 Å². The predicted molar refractivity (Wildman–Crippen MR) is 80.5 cm³/mol. The molecule has 2 aromatic rings. The summed E-state index contributed by atoms with van der Waals surface area (Å²) < 4.78 is 10.6. The molecule has 1 amide bonds. The summed E-state index contributed by atoms with van der Waals surface area (Å²) in [7, 11) is 0. The standard InChI is InChI=1S/C15H13N5O3/c21-15(22-12-6-2-1-3-7-12)19-20-11-5-9-14(18-20)23-13-8-4-10-16-17-13/h1-11,18H,(H,19,21). The zero-order chi connectivity index (χ0) is 15.9. The second-order valence-corrected chi connectivity index (χ2v) is 4.33. The molecular weight excluding hydrogens is 298 g/mol. The molecule has 0 aliphatic carbocycles. The third kappa shape index (κ3) is 4.21. The normalized spacial score (nSPS) is 12.9. The number of carbonyl (C=O) groups is 1. The third-order valence-corrected chi connectivity index (χ3v) is 2.64. The number of hydrazine groups is 2. The Labute approximate surface area is 132 Å². The molecule has 3 rings (SSSR count). The van der Waals surface area contributed by atoms with Crippen molar-refractivity contribution in [1.82, 2.24) is 26.2 Å². The smallest absolute Gasteiger partial charge is 0.420 e. The second-order valence-electron chi connectivity index (χ2n) is 4.33. The van der Waals surface area contributed by atoms with Gasteiger partial charge in [-0.1, -0.05) is 18.2 Å². The first-order chi connectivity index (χ1) is 11.3. The van der Waals surface area contributed by atoms with Crippen LogP contribution < -0.4 is 20.3 Å². The van der Waals surface area contributed by atoms with Gasteiger partial charge in [0.25, 0.3) is 0 Å². The Morgan fingerprint density at radius 3 is 2.83 bits per heavy atom. The van der Waals surface area contributed by atoms with E-state index < -0.39 is 6.09 Å². The minimum absolute atomic E-state index is 0.327. The van der Waals surface area contributed by atoms with E-state index in [9.17, 15) is 4.79 Å².